The Labute approximate surface area is 67.9 Å². The second-order valence-electron chi connectivity index (χ2n) is 2.13. The Hall–Kier alpha value is -1.62. The zero-order chi connectivity index (χ0) is 9.14. The van der Waals surface area contributed by atoms with Crippen molar-refractivity contribution < 1.29 is 20.1 Å². The molecule has 5 heteroatoms. The fourth-order valence-electron chi connectivity index (χ4n) is 0.729. The van der Waals surface area contributed by atoms with E-state index in [0.29, 0.717) is 0 Å². The van der Waals surface area contributed by atoms with E-state index in [-0.39, 0.29) is 17.1 Å². The highest BCUT2D eigenvalue weighted by Crippen LogP contribution is 2.14. The molecular weight excluding hydrogens is 162 g/mol. The molecule has 0 saturated carbocycles. The van der Waals surface area contributed by atoms with E-state index >= 15 is 0 Å². The summed E-state index contributed by atoms with van der Waals surface area (Å²) in [6.07, 6.45) is 0. The van der Waals surface area contributed by atoms with E-state index in [0.717, 1.165) is 6.07 Å². The molecule has 3 N–H and O–H groups in total. The topological polar surface area (TPSA) is 90.7 Å². The lowest BCUT2D eigenvalue weighted by Gasteiger charge is -2.00. The highest BCUT2D eigenvalue weighted by atomic mass is 16.4. The largest absolute Gasteiger partial charge is 0.506 e. The lowest BCUT2D eigenvalue weighted by Crippen LogP contribution is -2.02. The molecule has 5 nitrogen and oxygen atoms in total. The molecule has 0 aliphatic carbocycles. The minimum Gasteiger partial charge on any atom is -0.506 e. The SMILES string of the molecule is O=C(O)c1ccc(O)c(CO)n1. The van der Waals surface area contributed by atoms with Crippen LogP contribution in [0.25, 0.3) is 0 Å². The molecule has 0 amide bonds. The smallest absolute Gasteiger partial charge is 0.354 e. The van der Waals surface area contributed by atoms with E-state index in [1.807, 2.05) is 0 Å². The van der Waals surface area contributed by atoms with Gasteiger partial charge in [0, 0.05) is 0 Å². The van der Waals surface area contributed by atoms with E-state index in [1.54, 1.807) is 0 Å². The predicted octanol–water partition coefficient (Wildman–Crippen LogP) is -0.0223. The molecule has 0 aliphatic rings. The van der Waals surface area contributed by atoms with Gasteiger partial charge in [-0.25, -0.2) is 9.78 Å². The maximum Gasteiger partial charge on any atom is 0.354 e. The molecule has 1 heterocycles. The summed E-state index contributed by atoms with van der Waals surface area (Å²) in [6.45, 7) is -0.479. The summed E-state index contributed by atoms with van der Waals surface area (Å²) in [6, 6.07) is 2.35. The molecule has 1 aromatic heterocycles. The van der Waals surface area contributed by atoms with Crippen LogP contribution in [0.1, 0.15) is 16.2 Å². The summed E-state index contributed by atoms with van der Waals surface area (Å²) in [5, 5.41) is 26.1. The van der Waals surface area contributed by atoms with Crippen molar-refractivity contribution in [1.29, 1.82) is 0 Å². The molecule has 1 rings (SSSR count). The molecule has 0 fully saturated rings. The van der Waals surface area contributed by atoms with E-state index < -0.39 is 12.6 Å². The molecule has 0 bridgehead atoms. The number of carbonyl (C=O) groups is 1. The van der Waals surface area contributed by atoms with Crippen molar-refractivity contribution in [1.82, 2.24) is 4.98 Å². The number of carboxylic acids is 1. The molecule has 0 aromatic carbocycles. The van der Waals surface area contributed by atoms with E-state index in [4.69, 9.17) is 15.3 Å². The predicted molar refractivity (Wildman–Crippen MR) is 38.8 cm³/mol. The van der Waals surface area contributed by atoms with Crippen LogP contribution in [-0.4, -0.2) is 26.3 Å². The van der Waals surface area contributed by atoms with Crippen molar-refractivity contribution in [3.63, 3.8) is 0 Å². The Morgan fingerprint density at radius 1 is 1.50 bits per heavy atom. The first kappa shape index (κ1) is 8.48. The highest BCUT2D eigenvalue weighted by molar-refractivity contribution is 5.85. The van der Waals surface area contributed by atoms with Gasteiger partial charge in [0.1, 0.15) is 17.1 Å². The van der Waals surface area contributed by atoms with Crippen LogP contribution in [0.4, 0.5) is 0 Å². The molecule has 1 aromatic rings. The number of aliphatic hydroxyl groups excluding tert-OH is 1. The van der Waals surface area contributed by atoms with E-state index in [9.17, 15) is 4.79 Å². The Kier molecular flexibility index (Phi) is 2.25. The van der Waals surface area contributed by atoms with Crippen LogP contribution < -0.4 is 0 Å². The maximum absolute atomic E-state index is 10.4. The summed E-state index contributed by atoms with van der Waals surface area (Å²) in [4.78, 5) is 13.8. The molecule has 0 unspecified atom stereocenters. The Morgan fingerprint density at radius 3 is 2.67 bits per heavy atom. The first-order chi connectivity index (χ1) is 5.65. The zero-order valence-electron chi connectivity index (χ0n) is 6.06. The van der Waals surface area contributed by atoms with Gasteiger partial charge in [-0.2, -0.15) is 0 Å². The van der Waals surface area contributed by atoms with Gasteiger partial charge in [-0.3, -0.25) is 0 Å². The van der Waals surface area contributed by atoms with Crippen LogP contribution in [0, 0.1) is 0 Å². The quantitative estimate of drug-likeness (QED) is 0.578. The highest BCUT2D eigenvalue weighted by Gasteiger charge is 2.08. The molecular formula is C7H7NO4. The van der Waals surface area contributed by atoms with Crippen LogP contribution in [0.5, 0.6) is 5.75 Å². The van der Waals surface area contributed by atoms with Gasteiger partial charge in [0.25, 0.3) is 0 Å². The van der Waals surface area contributed by atoms with Gasteiger partial charge < -0.3 is 15.3 Å². The molecule has 0 aliphatic heterocycles. The van der Waals surface area contributed by atoms with Crippen molar-refractivity contribution in [2.45, 2.75) is 6.61 Å². The van der Waals surface area contributed by atoms with Crippen LogP contribution in [-0.2, 0) is 6.61 Å². The number of nitrogens with zero attached hydrogens (tertiary/aromatic N) is 1. The first-order valence-corrected chi connectivity index (χ1v) is 3.18. The lowest BCUT2D eigenvalue weighted by molar-refractivity contribution is 0.0690. The third kappa shape index (κ3) is 1.51. The third-order valence-electron chi connectivity index (χ3n) is 1.32. The second kappa shape index (κ2) is 3.19. The van der Waals surface area contributed by atoms with E-state index in [2.05, 4.69) is 4.98 Å². The van der Waals surface area contributed by atoms with Gasteiger partial charge in [-0.15, -0.1) is 0 Å². The number of carboxylic acid groups (broad SMARTS) is 1. The fraction of sp³-hybridized carbons (Fsp3) is 0.143. The second-order valence-corrected chi connectivity index (χ2v) is 2.13. The summed E-state index contributed by atoms with van der Waals surface area (Å²) in [5.74, 6) is -1.40. The van der Waals surface area contributed by atoms with Crippen LogP contribution in [0.3, 0.4) is 0 Å². The lowest BCUT2D eigenvalue weighted by atomic mass is 10.3. The van der Waals surface area contributed by atoms with Gasteiger partial charge in [0.05, 0.1) is 6.61 Å². The van der Waals surface area contributed by atoms with Crippen molar-refractivity contribution in [2.24, 2.45) is 0 Å². The number of aromatic carboxylic acids is 1. The molecule has 0 atom stereocenters. The molecule has 0 saturated heterocycles. The summed E-state index contributed by atoms with van der Waals surface area (Å²) < 4.78 is 0. The summed E-state index contributed by atoms with van der Waals surface area (Å²) in [5.41, 5.74) is -0.230. The van der Waals surface area contributed by atoms with E-state index in [1.165, 1.54) is 6.07 Å². The number of hydrogen-bond acceptors (Lipinski definition) is 4. The normalized spacial score (nSPS) is 9.75. The van der Waals surface area contributed by atoms with Gasteiger partial charge in [-0.1, -0.05) is 0 Å². The zero-order valence-corrected chi connectivity index (χ0v) is 6.06. The minimum atomic E-state index is -1.19. The number of pyridine rings is 1. The standard InChI is InChI=1S/C7H7NO4/c9-3-5-6(10)2-1-4(8-5)7(11)12/h1-2,9-10H,3H2,(H,11,12). The third-order valence-corrected chi connectivity index (χ3v) is 1.32. The van der Waals surface area contributed by atoms with Gasteiger partial charge in [0.2, 0.25) is 0 Å². The maximum atomic E-state index is 10.4. The Bertz CT molecular complexity index is 310. The molecule has 12 heavy (non-hydrogen) atoms. The number of hydrogen-bond donors (Lipinski definition) is 3. The number of aromatic nitrogens is 1. The van der Waals surface area contributed by atoms with Crippen molar-refractivity contribution in [2.75, 3.05) is 0 Å². The van der Waals surface area contributed by atoms with Crippen LogP contribution >= 0.6 is 0 Å². The minimum absolute atomic E-state index is 0.0325. The van der Waals surface area contributed by atoms with Crippen molar-refractivity contribution in [3.8, 4) is 5.75 Å². The molecule has 0 radical (unpaired) electrons. The average Bonchev–Trinajstić information content (AvgIpc) is 2.05. The first-order valence-electron chi connectivity index (χ1n) is 3.18. The van der Waals surface area contributed by atoms with Crippen LogP contribution in [0.15, 0.2) is 12.1 Å². The Balaban J connectivity index is 3.13. The van der Waals surface area contributed by atoms with Crippen LogP contribution in [0.2, 0.25) is 0 Å². The molecule has 64 valence electrons. The Morgan fingerprint density at radius 2 is 2.17 bits per heavy atom. The summed E-state index contributed by atoms with van der Waals surface area (Å²) >= 11 is 0. The molecule has 0 spiro atoms. The van der Waals surface area contributed by atoms with Crippen molar-refractivity contribution in [3.05, 3.63) is 23.5 Å². The van der Waals surface area contributed by atoms with Gasteiger partial charge in [0.15, 0.2) is 0 Å². The van der Waals surface area contributed by atoms with Crippen molar-refractivity contribution >= 4 is 5.97 Å². The average molecular weight is 169 g/mol. The number of rotatable bonds is 2. The monoisotopic (exact) mass is 169 g/mol. The van der Waals surface area contributed by atoms with Gasteiger partial charge >= 0.3 is 5.97 Å². The number of aromatic hydroxyl groups is 1. The fourth-order valence-corrected chi connectivity index (χ4v) is 0.729. The summed E-state index contributed by atoms with van der Waals surface area (Å²) in [7, 11) is 0. The number of aliphatic hydroxyl groups is 1. The van der Waals surface area contributed by atoms with Gasteiger partial charge in [-0.05, 0) is 12.1 Å².